The highest BCUT2D eigenvalue weighted by Crippen LogP contribution is 2.33. The molecule has 0 saturated carbocycles. The first-order valence-electron chi connectivity index (χ1n) is 6.75. The second kappa shape index (κ2) is 5.02. The number of hydrogen-bond donors (Lipinski definition) is 1. The molecule has 3 rings (SSSR count). The molecule has 2 heterocycles. The predicted molar refractivity (Wildman–Crippen MR) is 73.1 cm³/mol. The minimum atomic E-state index is 0.262. The Bertz CT molecular complexity index is 430. The van der Waals surface area contributed by atoms with Crippen molar-refractivity contribution in [2.24, 2.45) is 5.92 Å². The summed E-state index contributed by atoms with van der Waals surface area (Å²) in [5, 5.41) is 4.30. The smallest absolute Gasteiger partial charge is 0.163 e. The van der Waals surface area contributed by atoms with Crippen LogP contribution in [0.4, 0.5) is 0 Å². The molecule has 0 radical (unpaired) electrons. The van der Waals surface area contributed by atoms with Crippen LogP contribution in [-0.2, 0) is 0 Å². The molecule has 0 aromatic heterocycles. The average molecular weight is 264 g/mol. The highest BCUT2D eigenvalue weighted by atomic mass is 35.5. The third kappa shape index (κ3) is 2.60. The molecule has 3 atom stereocenters. The van der Waals surface area contributed by atoms with Gasteiger partial charge in [0.05, 0.1) is 0 Å². The van der Waals surface area contributed by atoms with E-state index in [2.05, 4.69) is 5.32 Å². The fourth-order valence-corrected chi connectivity index (χ4v) is 3.48. The second-order valence-corrected chi connectivity index (χ2v) is 6.05. The van der Waals surface area contributed by atoms with Gasteiger partial charge < -0.3 is 5.32 Å². The maximum Gasteiger partial charge on any atom is 0.163 e. The van der Waals surface area contributed by atoms with E-state index in [4.69, 9.17) is 11.6 Å². The van der Waals surface area contributed by atoms with E-state index in [0.717, 1.165) is 18.4 Å². The molecule has 2 aliphatic heterocycles. The van der Waals surface area contributed by atoms with Crippen LogP contribution in [0.3, 0.4) is 0 Å². The topological polar surface area (TPSA) is 29.1 Å². The van der Waals surface area contributed by atoms with Crippen molar-refractivity contribution in [1.29, 1.82) is 0 Å². The SMILES string of the molecule is O=C(CC1C[C@H]2CC[C@@H](C1)N2)c1ccc(Cl)cc1. The molecule has 1 aromatic rings. The van der Waals surface area contributed by atoms with Crippen molar-refractivity contribution in [3.63, 3.8) is 0 Å². The molecule has 2 bridgehead atoms. The predicted octanol–water partition coefficient (Wildman–Crippen LogP) is 3.44. The maximum atomic E-state index is 12.2. The average Bonchev–Trinajstić information content (AvgIpc) is 2.69. The molecule has 3 heteroatoms. The minimum Gasteiger partial charge on any atom is -0.311 e. The second-order valence-electron chi connectivity index (χ2n) is 5.61. The molecule has 2 nitrogen and oxygen atoms in total. The lowest BCUT2D eigenvalue weighted by Crippen LogP contribution is -2.38. The van der Waals surface area contributed by atoms with Crippen LogP contribution in [0.25, 0.3) is 0 Å². The Morgan fingerprint density at radius 2 is 1.78 bits per heavy atom. The third-order valence-electron chi connectivity index (χ3n) is 4.21. The molecule has 0 spiro atoms. The van der Waals surface area contributed by atoms with Crippen LogP contribution in [0.2, 0.25) is 5.02 Å². The first-order valence-corrected chi connectivity index (χ1v) is 7.13. The molecule has 1 N–H and O–H groups in total. The summed E-state index contributed by atoms with van der Waals surface area (Å²) < 4.78 is 0. The number of carbonyl (C=O) groups excluding carboxylic acids is 1. The van der Waals surface area contributed by atoms with Gasteiger partial charge in [0.2, 0.25) is 0 Å². The molecule has 1 aromatic carbocycles. The molecule has 2 fully saturated rings. The number of ketones is 1. The lowest BCUT2D eigenvalue weighted by atomic mass is 9.87. The van der Waals surface area contributed by atoms with Gasteiger partial charge in [-0.05, 0) is 55.9 Å². The van der Waals surface area contributed by atoms with Gasteiger partial charge in [-0.25, -0.2) is 0 Å². The number of rotatable bonds is 3. The summed E-state index contributed by atoms with van der Waals surface area (Å²) in [5.41, 5.74) is 0.797. The van der Waals surface area contributed by atoms with E-state index in [0.29, 0.717) is 29.4 Å². The van der Waals surface area contributed by atoms with Crippen LogP contribution in [0.15, 0.2) is 24.3 Å². The monoisotopic (exact) mass is 263 g/mol. The third-order valence-corrected chi connectivity index (χ3v) is 4.46. The number of Topliss-reactive ketones (excluding diaryl/α,β-unsaturated/α-hetero) is 1. The zero-order valence-corrected chi connectivity index (χ0v) is 11.1. The van der Waals surface area contributed by atoms with Crippen LogP contribution in [0.1, 0.15) is 42.5 Å². The van der Waals surface area contributed by atoms with Crippen molar-refractivity contribution in [1.82, 2.24) is 5.32 Å². The first kappa shape index (κ1) is 12.2. The van der Waals surface area contributed by atoms with Crippen molar-refractivity contribution in [2.75, 3.05) is 0 Å². The number of benzene rings is 1. The molecule has 2 aliphatic rings. The van der Waals surface area contributed by atoms with E-state index in [-0.39, 0.29) is 5.78 Å². The van der Waals surface area contributed by atoms with Gasteiger partial charge >= 0.3 is 0 Å². The number of piperidine rings is 1. The summed E-state index contributed by atoms with van der Waals surface area (Å²) in [4.78, 5) is 12.2. The molecule has 96 valence electrons. The highest BCUT2D eigenvalue weighted by Gasteiger charge is 2.34. The normalized spacial score (nSPS) is 30.4. The Morgan fingerprint density at radius 1 is 1.17 bits per heavy atom. The summed E-state index contributed by atoms with van der Waals surface area (Å²) >= 11 is 5.84. The zero-order valence-electron chi connectivity index (χ0n) is 10.4. The molecule has 1 unspecified atom stereocenters. The molecule has 18 heavy (non-hydrogen) atoms. The van der Waals surface area contributed by atoms with Crippen LogP contribution < -0.4 is 5.32 Å². The lowest BCUT2D eigenvalue weighted by molar-refractivity contribution is 0.0945. The number of hydrogen-bond acceptors (Lipinski definition) is 2. The van der Waals surface area contributed by atoms with E-state index >= 15 is 0 Å². The highest BCUT2D eigenvalue weighted by molar-refractivity contribution is 6.30. The molecule has 2 saturated heterocycles. The van der Waals surface area contributed by atoms with E-state index in [1.54, 1.807) is 12.1 Å². The molecular formula is C15H18ClNO. The Hall–Kier alpha value is -0.860. The van der Waals surface area contributed by atoms with Crippen molar-refractivity contribution in [2.45, 2.75) is 44.2 Å². The van der Waals surface area contributed by atoms with Gasteiger partial charge in [-0.1, -0.05) is 11.6 Å². The van der Waals surface area contributed by atoms with Crippen LogP contribution >= 0.6 is 11.6 Å². The first-order chi connectivity index (χ1) is 8.70. The van der Waals surface area contributed by atoms with Crippen LogP contribution in [0, 0.1) is 5.92 Å². The van der Waals surface area contributed by atoms with Crippen molar-refractivity contribution in [3.05, 3.63) is 34.9 Å². The fourth-order valence-electron chi connectivity index (χ4n) is 3.36. The van der Waals surface area contributed by atoms with E-state index < -0.39 is 0 Å². The van der Waals surface area contributed by atoms with Crippen molar-refractivity contribution in [3.8, 4) is 0 Å². The molecule has 0 aliphatic carbocycles. The maximum absolute atomic E-state index is 12.2. The summed E-state index contributed by atoms with van der Waals surface area (Å²) in [5.74, 6) is 0.824. The minimum absolute atomic E-state index is 0.262. The van der Waals surface area contributed by atoms with E-state index in [9.17, 15) is 4.79 Å². The Labute approximate surface area is 113 Å². The van der Waals surface area contributed by atoms with Crippen molar-refractivity contribution >= 4 is 17.4 Å². The van der Waals surface area contributed by atoms with Gasteiger partial charge in [-0.2, -0.15) is 0 Å². The quantitative estimate of drug-likeness (QED) is 0.847. The Balaban J connectivity index is 1.62. The largest absolute Gasteiger partial charge is 0.311 e. The van der Waals surface area contributed by atoms with Crippen molar-refractivity contribution < 1.29 is 4.79 Å². The van der Waals surface area contributed by atoms with E-state index in [1.807, 2.05) is 12.1 Å². The van der Waals surface area contributed by atoms with Gasteiger partial charge in [-0.3, -0.25) is 4.79 Å². The number of nitrogens with one attached hydrogen (secondary N) is 1. The number of fused-ring (bicyclic) bond motifs is 2. The summed E-state index contributed by atoms with van der Waals surface area (Å²) in [6, 6.07) is 8.57. The van der Waals surface area contributed by atoms with Gasteiger partial charge in [0.1, 0.15) is 0 Å². The molecular weight excluding hydrogens is 246 g/mol. The zero-order chi connectivity index (χ0) is 12.5. The van der Waals surface area contributed by atoms with Crippen LogP contribution in [-0.4, -0.2) is 17.9 Å². The summed E-state index contributed by atoms with van der Waals surface area (Å²) in [6.07, 6.45) is 5.59. The van der Waals surface area contributed by atoms with Gasteiger partial charge in [0.25, 0.3) is 0 Å². The Morgan fingerprint density at radius 3 is 2.39 bits per heavy atom. The number of carbonyl (C=O) groups is 1. The summed E-state index contributed by atoms with van der Waals surface area (Å²) in [7, 11) is 0. The van der Waals surface area contributed by atoms with Crippen LogP contribution in [0.5, 0.6) is 0 Å². The summed E-state index contributed by atoms with van der Waals surface area (Å²) in [6.45, 7) is 0. The fraction of sp³-hybridized carbons (Fsp3) is 0.533. The van der Waals surface area contributed by atoms with Gasteiger partial charge in [0.15, 0.2) is 5.78 Å². The standard InChI is InChI=1S/C15H18ClNO/c16-12-3-1-11(2-4-12)15(18)9-10-7-13-5-6-14(8-10)17-13/h1-4,10,13-14,17H,5-9H2/t10?,13-,14+. The van der Waals surface area contributed by atoms with E-state index in [1.165, 1.54) is 12.8 Å². The van der Waals surface area contributed by atoms with Gasteiger partial charge in [0, 0.05) is 29.1 Å². The number of halogens is 1. The Kier molecular flexibility index (Phi) is 3.40. The lowest BCUT2D eigenvalue weighted by Gasteiger charge is -2.28. The van der Waals surface area contributed by atoms with Gasteiger partial charge in [-0.15, -0.1) is 0 Å². The molecule has 0 amide bonds.